The van der Waals surface area contributed by atoms with Gasteiger partial charge in [-0.1, -0.05) is 19.3 Å². The van der Waals surface area contributed by atoms with Gasteiger partial charge in [-0.15, -0.1) is 0 Å². The highest BCUT2D eigenvalue weighted by Crippen LogP contribution is 2.26. The molecule has 1 atom stereocenters. The van der Waals surface area contributed by atoms with E-state index in [9.17, 15) is 0 Å². The van der Waals surface area contributed by atoms with Crippen LogP contribution in [-0.2, 0) is 4.74 Å². The van der Waals surface area contributed by atoms with Gasteiger partial charge in [-0.3, -0.25) is 4.99 Å². The molecule has 0 aromatic heterocycles. The van der Waals surface area contributed by atoms with Crippen LogP contribution in [0.4, 0.5) is 0 Å². The zero-order valence-electron chi connectivity index (χ0n) is 14.1. The molecule has 1 saturated carbocycles. The largest absolute Gasteiger partial charge is 0.378 e. The second-order valence-electron chi connectivity index (χ2n) is 6.27. The molecule has 2 fully saturated rings. The molecule has 0 spiro atoms. The van der Waals surface area contributed by atoms with Crippen molar-refractivity contribution < 1.29 is 4.74 Å². The molecular formula is C17H33N3OS. The molecule has 2 aliphatic rings. The van der Waals surface area contributed by atoms with Crippen LogP contribution in [0, 0.1) is 0 Å². The number of nitrogens with zero attached hydrogens (tertiary/aromatic N) is 1. The molecule has 0 aromatic carbocycles. The third-order valence-corrected chi connectivity index (χ3v) is 5.72. The van der Waals surface area contributed by atoms with Crippen LogP contribution in [0.25, 0.3) is 0 Å². The van der Waals surface area contributed by atoms with E-state index < -0.39 is 0 Å². The van der Waals surface area contributed by atoms with Crippen molar-refractivity contribution in [1.82, 2.24) is 10.6 Å². The minimum atomic E-state index is 0.523. The number of ether oxygens (including phenoxy) is 1. The molecule has 2 N–H and O–H groups in total. The highest BCUT2D eigenvalue weighted by molar-refractivity contribution is 8.00. The van der Waals surface area contributed by atoms with Crippen molar-refractivity contribution in [2.45, 2.75) is 69.6 Å². The van der Waals surface area contributed by atoms with Crippen LogP contribution in [0.2, 0.25) is 0 Å². The van der Waals surface area contributed by atoms with Gasteiger partial charge in [0.1, 0.15) is 0 Å². The van der Waals surface area contributed by atoms with Gasteiger partial charge in [0.2, 0.25) is 0 Å². The van der Waals surface area contributed by atoms with E-state index in [1.807, 2.05) is 0 Å². The number of thioether (sulfide) groups is 1. The molecule has 1 heterocycles. The van der Waals surface area contributed by atoms with E-state index in [4.69, 9.17) is 9.73 Å². The lowest BCUT2D eigenvalue weighted by atomic mass is 9.98. The lowest BCUT2D eigenvalue weighted by molar-refractivity contribution is 0.0277. The molecule has 22 heavy (non-hydrogen) atoms. The van der Waals surface area contributed by atoms with Gasteiger partial charge in [0.15, 0.2) is 5.96 Å². The fourth-order valence-electron chi connectivity index (χ4n) is 3.08. The number of rotatable bonds is 8. The summed E-state index contributed by atoms with van der Waals surface area (Å²) in [5.41, 5.74) is 0. The van der Waals surface area contributed by atoms with Crippen LogP contribution >= 0.6 is 11.8 Å². The molecule has 1 unspecified atom stereocenters. The van der Waals surface area contributed by atoms with Gasteiger partial charge in [0.05, 0.1) is 12.6 Å². The summed E-state index contributed by atoms with van der Waals surface area (Å²) < 4.78 is 5.96. The number of aliphatic imine (C=N–C) groups is 1. The summed E-state index contributed by atoms with van der Waals surface area (Å²) in [6.07, 6.45) is 10.9. The molecule has 5 heteroatoms. The molecule has 0 amide bonds. The van der Waals surface area contributed by atoms with Crippen molar-refractivity contribution in [3.05, 3.63) is 0 Å². The number of guanidine groups is 1. The van der Waals surface area contributed by atoms with Crippen molar-refractivity contribution in [2.75, 3.05) is 32.0 Å². The summed E-state index contributed by atoms with van der Waals surface area (Å²) in [4.78, 5) is 4.72. The predicted octanol–water partition coefficient (Wildman–Crippen LogP) is 3.18. The molecule has 0 aromatic rings. The second kappa shape index (κ2) is 11.2. The van der Waals surface area contributed by atoms with Gasteiger partial charge in [-0.25, -0.2) is 0 Å². The minimum absolute atomic E-state index is 0.523. The van der Waals surface area contributed by atoms with Gasteiger partial charge in [0, 0.05) is 24.9 Å². The van der Waals surface area contributed by atoms with Crippen LogP contribution in [-0.4, -0.2) is 49.3 Å². The van der Waals surface area contributed by atoms with Crippen molar-refractivity contribution >= 4 is 17.7 Å². The Morgan fingerprint density at radius 3 is 2.73 bits per heavy atom. The van der Waals surface area contributed by atoms with E-state index in [-0.39, 0.29) is 0 Å². The normalized spacial score (nSPS) is 23.7. The van der Waals surface area contributed by atoms with Crippen molar-refractivity contribution in [3.8, 4) is 0 Å². The SMILES string of the molecule is CCNC(=NCC1CCCS1)NCCCOC1CCCCC1. The van der Waals surface area contributed by atoms with Gasteiger partial charge in [0.25, 0.3) is 0 Å². The topological polar surface area (TPSA) is 45.7 Å². The molecule has 4 nitrogen and oxygen atoms in total. The summed E-state index contributed by atoms with van der Waals surface area (Å²) >= 11 is 2.07. The lowest BCUT2D eigenvalue weighted by Crippen LogP contribution is -2.38. The predicted molar refractivity (Wildman–Crippen MR) is 96.9 cm³/mol. The van der Waals surface area contributed by atoms with E-state index in [0.29, 0.717) is 6.10 Å². The number of hydrogen-bond donors (Lipinski definition) is 2. The van der Waals surface area contributed by atoms with Gasteiger partial charge in [-0.05, 0) is 44.8 Å². The Bertz CT molecular complexity index is 313. The summed E-state index contributed by atoms with van der Waals surface area (Å²) in [6, 6.07) is 0. The Morgan fingerprint density at radius 1 is 1.14 bits per heavy atom. The molecule has 2 rings (SSSR count). The third-order valence-electron chi connectivity index (χ3n) is 4.34. The maximum Gasteiger partial charge on any atom is 0.191 e. The lowest BCUT2D eigenvalue weighted by Gasteiger charge is -2.22. The quantitative estimate of drug-likeness (QED) is 0.408. The second-order valence-corrected chi connectivity index (χ2v) is 7.67. The highest BCUT2D eigenvalue weighted by atomic mass is 32.2. The first-order valence-electron chi connectivity index (χ1n) is 9.14. The first kappa shape index (κ1) is 17.9. The maximum absolute atomic E-state index is 5.96. The Balaban J connectivity index is 1.55. The van der Waals surface area contributed by atoms with Crippen LogP contribution in [0.3, 0.4) is 0 Å². The Hall–Kier alpha value is -0.420. The van der Waals surface area contributed by atoms with Gasteiger partial charge in [-0.2, -0.15) is 11.8 Å². The number of nitrogens with one attached hydrogen (secondary N) is 2. The summed E-state index contributed by atoms with van der Waals surface area (Å²) in [5.74, 6) is 2.27. The van der Waals surface area contributed by atoms with Crippen LogP contribution in [0.5, 0.6) is 0 Å². The Morgan fingerprint density at radius 2 is 2.00 bits per heavy atom. The smallest absolute Gasteiger partial charge is 0.191 e. The monoisotopic (exact) mass is 327 g/mol. The van der Waals surface area contributed by atoms with E-state index in [1.165, 1.54) is 50.7 Å². The zero-order chi connectivity index (χ0) is 15.5. The molecule has 1 aliphatic heterocycles. The highest BCUT2D eigenvalue weighted by Gasteiger charge is 2.15. The third kappa shape index (κ3) is 7.23. The average molecular weight is 328 g/mol. The fourth-order valence-corrected chi connectivity index (χ4v) is 4.26. The van der Waals surface area contributed by atoms with E-state index in [2.05, 4.69) is 29.3 Å². The Kier molecular flexibility index (Phi) is 9.10. The van der Waals surface area contributed by atoms with E-state index in [1.54, 1.807) is 0 Å². The molecule has 128 valence electrons. The molecule has 0 radical (unpaired) electrons. The summed E-state index contributed by atoms with van der Waals surface area (Å²) in [7, 11) is 0. The van der Waals surface area contributed by atoms with E-state index in [0.717, 1.165) is 43.9 Å². The first-order valence-corrected chi connectivity index (χ1v) is 10.2. The van der Waals surface area contributed by atoms with Crippen LogP contribution in [0.15, 0.2) is 4.99 Å². The molecular weight excluding hydrogens is 294 g/mol. The average Bonchev–Trinajstić information content (AvgIpc) is 3.06. The standard InChI is InChI=1S/C17H33N3OS/c1-2-18-17(20-14-16-10-6-13-22-16)19-11-7-12-21-15-8-4-3-5-9-15/h15-16H,2-14H2,1H3,(H2,18,19,20). The van der Waals surface area contributed by atoms with Crippen molar-refractivity contribution in [3.63, 3.8) is 0 Å². The van der Waals surface area contributed by atoms with E-state index >= 15 is 0 Å². The number of hydrogen-bond acceptors (Lipinski definition) is 3. The van der Waals surface area contributed by atoms with Crippen LogP contribution in [0.1, 0.15) is 58.3 Å². The first-order chi connectivity index (χ1) is 10.9. The maximum atomic E-state index is 5.96. The molecule has 0 bridgehead atoms. The zero-order valence-corrected chi connectivity index (χ0v) is 14.9. The van der Waals surface area contributed by atoms with Crippen LogP contribution < -0.4 is 10.6 Å². The minimum Gasteiger partial charge on any atom is -0.378 e. The van der Waals surface area contributed by atoms with Crippen molar-refractivity contribution in [1.29, 1.82) is 0 Å². The molecule has 1 saturated heterocycles. The summed E-state index contributed by atoms with van der Waals surface area (Å²) in [5, 5.41) is 7.49. The van der Waals surface area contributed by atoms with Crippen molar-refractivity contribution in [2.24, 2.45) is 4.99 Å². The Labute approximate surface area is 140 Å². The summed E-state index contributed by atoms with van der Waals surface area (Å²) in [6.45, 7) is 5.79. The van der Waals surface area contributed by atoms with Gasteiger partial charge >= 0.3 is 0 Å². The fraction of sp³-hybridized carbons (Fsp3) is 0.941. The van der Waals surface area contributed by atoms with Gasteiger partial charge < -0.3 is 15.4 Å². The molecule has 1 aliphatic carbocycles.